The Hall–Kier alpha value is -1.39. The number of hydrogen-bond acceptors (Lipinski definition) is 2. The molecule has 1 unspecified atom stereocenters. The van der Waals surface area contributed by atoms with Crippen LogP contribution in [-0.2, 0) is 0 Å². The third-order valence-corrected chi connectivity index (χ3v) is 3.56. The molecule has 0 bridgehead atoms. The Balaban J connectivity index is 2.20. The highest BCUT2D eigenvalue weighted by atomic mass is 79.9. The van der Waals surface area contributed by atoms with E-state index in [9.17, 15) is 9.50 Å². The first kappa shape index (κ1) is 15.0. The molecule has 106 valence electrons. The summed E-state index contributed by atoms with van der Waals surface area (Å²) in [4.78, 5) is 0. The molecule has 0 aromatic heterocycles. The first-order chi connectivity index (χ1) is 9.63. The molecule has 2 aromatic rings. The smallest absolute Gasteiger partial charge is 0.143 e. The monoisotopic (exact) mass is 338 g/mol. The van der Waals surface area contributed by atoms with Crippen molar-refractivity contribution in [1.29, 1.82) is 0 Å². The average molecular weight is 339 g/mol. The van der Waals surface area contributed by atoms with Gasteiger partial charge >= 0.3 is 0 Å². The van der Waals surface area contributed by atoms with Crippen molar-refractivity contribution in [1.82, 2.24) is 0 Å². The maximum Gasteiger partial charge on any atom is 0.143 e. The molecule has 2 nitrogen and oxygen atoms in total. The molecule has 0 aliphatic heterocycles. The largest absolute Gasteiger partial charge is 0.494 e. The lowest BCUT2D eigenvalue weighted by atomic mass is 10.0. The van der Waals surface area contributed by atoms with Gasteiger partial charge in [0.1, 0.15) is 17.7 Å². The van der Waals surface area contributed by atoms with E-state index in [1.165, 1.54) is 0 Å². The number of aliphatic hydroxyl groups excluding tert-OH is 1. The molecule has 0 spiro atoms. The molecular formula is C16H16BrFO2. The number of halogens is 2. The van der Waals surface area contributed by atoms with Crippen LogP contribution in [0.5, 0.6) is 5.75 Å². The van der Waals surface area contributed by atoms with Gasteiger partial charge in [-0.3, -0.25) is 0 Å². The summed E-state index contributed by atoms with van der Waals surface area (Å²) in [6.45, 7) is 2.69. The molecule has 2 rings (SSSR count). The fraction of sp³-hybridized carbons (Fsp3) is 0.250. The molecule has 0 amide bonds. The molecule has 1 atom stereocenters. The summed E-state index contributed by atoms with van der Waals surface area (Å²) in [6.07, 6.45) is -0.0547. The molecule has 0 radical (unpaired) electrons. The summed E-state index contributed by atoms with van der Waals surface area (Å²) in [5.41, 5.74) is 0.882. The summed E-state index contributed by atoms with van der Waals surface area (Å²) >= 11 is 3.12. The van der Waals surface area contributed by atoms with Crippen LogP contribution in [0.15, 0.2) is 46.9 Å². The van der Waals surface area contributed by atoms with Crippen molar-refractivity contribution in [3.63, 3.8) is 0 Å². The van der Waals surface area contributed by atoms with Crippen LogP contribution in [0.1, 0.15) is 30.6 Å². The lowest BCUT2D eigenvalue weighted by Crippen LogP contribution is -2.03. The number of benzene rings is 2. The van der Waals surface area contributed by atoms with Gasteiger partial charge in [-0.1, -0.05) is 31.2 Å². The van der Waals surface area contributed by atoms with Crippen molar-refractivity contribution in [2.45, 2.75) is 19.4 Å². The highest BCUT2D eigenvalue weighted by Crippen LogP contribution is 2.29. The van der Waals surface area contributed by atoms with Crippen LogP contribution < -0.4 is 4.74 Å². The molecule has 20 heavy (non-hydrogen) atoms. The number of rotatable bonds is 5. The summed E-state index contributed by atoms with van der Waals surface area (Å²) in [7, 11) is 0. The van der Waals surface area contributed by atoms with E-state index >= 15 is 0 Å². The van der Waals surface area contributed by atoms with E-state index in [1.54, 1.807) is 42.5 Å². The van der Waals surface area contributed by atoms with Crippen molar-refractivity contribution >= 4 is 15.9 Å². The topological polar surface area (TPSA) is 29.5 Å². The Morgan fingerprint density at radius 1 is 1.20 bits per heavy atom. The summed E-state index contributed by atoms with van der Waals surface area (Å²) < 4.78 is 19.8. The van der Waals surface area contributed by atoms with E-state index in [0.717, 1.165) is 12.2 Å². The van der Waals surface area contributed by atoms with Gasteiger partial charge in [-0.15, -0.1) is 0 Å². The zero-order chi connectivity index (χ0) is 14.5. The molecular weight excluding hydrogens is 323 g/mol. The number of aliphatic hydroxyl groups is 1. The van der Waals surface area contributed by atoms with Gasteiger partial charge in [-0.05, 0) is 46.1 Å². The summed E-state index contributed by atoms with van der Waals surface area (Å²) in [5, 5.41) is 10.3. The maximum atomic E-state index is 14.0. The van der Waals surface area contributed by atoms with Crippen molar-refractivity contribution in [2.24, 2.45) is 0 Å². The van der Waals surface area contributed by atoms with Crippen LogP contribution in [0.4, 0.5) is 4.39 Å². The molecule has 0 saturated carbocycles. The zero-order valence-corrected chi connectivity index (χ0v) is 12.7. The minimum Gasteiger partial charge on any atom is -0.494 e. The minimum atomic E-state index is -0.993. The Labute approximate surface area is 126 Å². The maximum absolute atomic E-state index is 14.0. The third-order valence-electron chi connectivity index (χ3n) is 2.94. The van der Waals surface area contributed by atoms with Crippen molar-refractivity contribution < 1.29 is 14.2 Å². The van der Waals surface area contributed by atoms with Crippen LogP contribution in [0.2, 0.25) is 0 Å². The van der Waals surface area contributed by atoms with Gasteiger partial charge in [0.15, 0.2) is 0 Å². The number of hydrogen-bond donors (Lipinski definition) is 1. The average Bonchev–Trinajstić information content (AvgIpc) is 2.48. The van der Waals surface area contributed by atoms with Crippen molar-refractivity contribution in [3.8, 4) is 5.75 Å². The van der Waals surface area contributed by atoms with E-state index in [2.05, 4.69) is 15.9 Å². The van der Waals surface area contributed by atoms with Crippen LogP contribution in [0.25, 0.3) is 0 Å². The van der Waals surface area contributed by atoms with Crippen molar-refractivity contribution in [2.75, 3.05) is 6.61 Å². The lowest BCUT2D eigenvalue weighted by molar-refractivity contribution is 0.214. The van der Waals surface area contributed by atoms with Crippen LogP contribution in [0.3, 0.4) is 0 Å². The molecule has 2 aromatic carbocycles. The fourth-order valence-electron chi connectivity index (χ4n) is 1.88. The normalized spacial score (nSPS) is 12.2. The molecule has 0 heterocycles. The van der Waals surface area contributed by atoms with Crippen molar-refractivity contribution in [3.05, 3.63) is 63.9 Å². The second kappa shape index (κ2) is 6.86. The van der Waals surface area contributed by atoms with E-state index < -0.39 is 11.9 Å². The first-order valence-corrected chi connectivity index (χ1v) is 7.27. The molecule has 1 N–H and O–H groups in total. The predicted molar refractivity (Wildman–Crippen MR) is 80.4 cm³/mol. The van der Waals surface area contributed by atoms with Gasteiger partial charge in [0.05, 0.1) is 11.1 Å². The molecule has 0 saturated heterocycles. The fourth-order valence-corrected chi connectivity index (χ4v) is 2.26. The Morgan fingerprint density at radius 3 is 2.55 bits per heavy atom. The highest BCUT2D eigenvalue weighted by molar-refractivity contribution is 9.10. The zero-order valence-electron chi connectivity index (χ0n) is 11.1. The van der Waals surface area contributed by atoms with E-state index in [-0.39, 0.29) is 5.56 Å². The molecule has 0 aliphatic carbocycles. The van der Waals surface area contributed by atoms with Gasteiger partial charge in [0.2, 0.25) is 0 Å². The van der Waals surface area contributed by atoms with Gasteiger partial charge < -0.3 is 9.84 Å². The Bertz CT molecular complexity index is 569. The summed E-state index contributed by atoms with van der Waals surface area (Å²) in [6, 6.07) is 11.9. The van der Waals surface area contributed by atoms with Gasteiger partial charge in [-0.2, -0.15) is 0 Å². The van der Waals surface area contributed by atoms with Gasteiger partial charge in [-0.25, -0.2) is 4.39 Å². The lowest BCUT2D eigenvalue weighted by Gasteiger charge is -2.14. The summed E-state index contributed by atoms with van der Waals surface area (Å²) in [5.74, 6) is 0.309. The van der Waals surface area contributed by atoms with Crippen LogP contribution in [0, 0.1) is 5.82 Å². The minimum absolute atomic E-state index is 0.251. The molecule has 4 heteroatoms. The molecule has 0 fully saturated rings. The van der Waals surface area contributed by atoms with E-state index in [1.807, 2.05) is 6.92 Å². The van der Waals surface area contributed by atoms with Crippen LogP contribution in [-0.4, -0.2) is 11.7 Å². The van der Waals surface area contributed by atoms with E-state index in [0.29, 0.717) is 16.6 Å². The predicted octanol–water partition coefficient (Wildman–Crippen LogP) is 4.46. The SMILES string of the molecule is CCCOc1ccc(C(O)c2cccc(Br)c2F)cc1. The quantitative estimate of drug-likeness (QED) is 0.872. The Morgan fingerprint density at radius 2 is 1.90 bits per heavy atom. The second-order valence-corrected chi connectivity index (χ2v) is 5.32. The Kier molecular flexibility index (Phi) is 5.15. The molecule has 0 aliphatic rings. The standard InChI is InChI=1S/C16H16BrFO2/c1-2-10-20-12-8-6-11(7-9-12)16(19)13-4-3-5-14(17)15(13)18/h3-9,16,19H,2,10H2,1H3. The highest BCUT2D eigenvalue weighted by Gasteiger charge is 2.16. The van der Waals surface area contributed by atoms with Crippen LogP contribution >= 0.6 is 15.9 Å². The first-order valence-electron chi connectivity index (χ1n) is 6.48. The second-order valence-electron chi connectivity index (χ2n) is 4.46. The van der Waals surface area contributed by atoms with Gasteiger partial charge in [0, 0.05) is 5.56 Å². The van der Waals surface area contributed by atoms with E-state index in [4.69, 9.17) is 4.74 Å². The number of ether oxygens (including phenoxy) is 1. The van der Waals surface area contributed by atoms with Gasteiger partial charge in [0.25, 0.3) is 0 Å². The third kappa shape index (κ3) is 3.38.